The third-order valence-electron chi connectivity index (χ3n) is 1.36. The first-order valence-corrected chi connectivity index (χ1v) is 6.13. The molecule has 0 aliphatic rings. The van der Waals surface area contributed by atoms with Crippen molar-refractivity contribution in [3.05, 3.63) is 0 Å². The minimum Gasteiger partial charge on any atom is -0.547 e. The van der Waals surface area contributed by atoms with Gasteiger partial charge in [0.1, 0.15) is 0 Å². The second-order valence-electron chi connectivity index (χ2n) is 3.98. The molecule has 0 aliphatic carbocycles. The molecule has 0 aromatic carbocycles. The van der Waals surface area contributed by atoms with Crippen molar-refractivity contribution in [3.63, 3.8) is 0 Å². The minimum absolute atomic E-state index is 0. The van der Waals surface area contributed by atoms with Gasteiger partial charge in [0.15, 0.2) is 0 Å². The SMILES string of the molecule is CC(O)C(=O)[O-].CC(O)C(=O)[O-].CC(O)C(=O)[O-].CC(O)C(=O)[O-].[NH4+].[Y+3]. The second-order valence-corrected chi connectivity index (χ2v) is 3.98. The van der Waals surface area contributed by atoms with Gasteiger partial charge in [-0.2, -0.15) is 0 Å². The van der Waals surface area contributed by atoms with Crippen LogP contribution < -0.4 is 26.6 Å². The molecule has 0 bridgehead atoms. The van der Waals surface area contributed by atoms with Gasteiger partial charge in [-0.3, -0.25) is 0 Å². The van der Waals surface area contributed by atoms with E-state index in [1.807, 2.05) is 0 Å². The number of carboxylic acids is 4. The van der Waals surface area contributed by atoms with Crippen molar-refractivity contribution in [2.45, 2.75) is 52.1 Å². The number of quaternary nitrogens is 1. The Morgan fingerprint density at radius 3 is 0.577 bits per heavy atom. The Morgan fingerprint density at radius 1 is 0.538 bits per heavy atom. The molecule has 0 spiro atoms. The molecule has 0 saturated heterocycles. The predicted octanol–water partition coefficient (Wildman–Crippen LogP) is -7.16. The molecule has 0 saturated carbocycles. The van der Waals surface area contributed by atoms with Gasteiger partial charge in [-0.1, -0.05) is 0 Å². The molecule has 0 aliphatic heterocycles. The molecule has 0 amide bonds. The van der Waals surface area contributed by atoms with Crippen LogP contribution in [0, 0.1) is 0 Å². The van der Waals surface area contributed by atoms with E-state index in [1.54, 1.807) is 0 Å². The van der Waals surface area contributed by atoms with E-state index in [0.29, 0.717) is 0 Å². The Hall–Kier alpha value is -1.22. The summed E-state index contributed by atoms with van der Waals surface area (Å²) in [7, 11) is 0. The van der Waals surface area contributed by atoms with Crippen LogP contribution in [0.15, 0.2) is 0 Å². The summed E-state index contributed by atoms with van der Waals surface area (Å²) in [6.07, 6.45) is -5.37. The molecular weight excluding hydrogens is 439 g/mol. The average Bonchev–Trinajstić information content (AvgIpc) is 2.40. The quantitative estimate of drug-likeness (QED) is 0.260. The molecule has 0 heterocycles. The maximum atomic E-state index is 9.34. The summed E-state index contributed by atoms with van der Waals surface area (Å²) in [5.41, 5.74) is 0. The van der Waals surface area contributed by atoms with E-state index in [4.69, 9.17) is 20.4 Å². The Bertz CT molecular complexity index is 312. The van der Waals surface area contributed by atoms with Crippen molar-refractivity contribution >= 4 is 23.9 Å². The van der Waals surface area contributed by atoms with Gasteiger partial charge >= 0.3 is 32.7 Å². The van der Waals surface area contributed by atoms with Crippen molar-refractivity contribution in [1.82, 2.24) is 6.15 Å². The number of aliphatic hydroxyl groups excluding tert-OH is 4. The number of carboxylic acid groups (broad SMARTS) is 4. The summed E-state index contributed by atoms with van der Waals surface area (Å²) in [4.78, 5) is 37.4. The Labute approximate surface area is 174 Å². The molecule has 13 nitrogen and oxygen atoms in total. The molecule has 26 heavy (non-hydrogen) atoms. The fourth-order valence-electron chi connectivity index (χ4n) is 0. The topological polar surface area (TPSA) is 278 Å². The van der Waals surface area contributed by atoms with Gasteiger partial charge in [0, 0.05) is 0 Å². The number of carbonyl (C=O) groups is 4. The molecule has 14 heteroatoms. The van der Waals surface area contributed by atoms with Crippen LogP contribution in [0.3, 0.4) is 0 Å². The number of hydrogen-bond acceptors (Lipinski definition) is 12. The first-order valence-electron chi connectivity index (χ1n) is 6.13. The third kappa shape index (κ3) is 49.5. The van der Waals surface area contributed by atoms with Crippen molar-refractivity contribution in [2.24, 2.45) is 0 Å². The molecular formula is C12H24NO12Y. The van der Waals surface area contributed by atoms with Crippen LogP contribution in [0.1, 0.15) is 27.7 Å². The monoisotopic (exact) mass is 463 g/mol. The van der Waals surface area contributed by atoms with Crippen LogP contribution in [-0.4, -0.2) is 68.7 Å². The van der Waals surface area contributed by atoms with Gasteiger partial charge in [-0.25, -0.2) is 0 Å². The summed E-state index contributed by atoms with van der Waals surface area (Å²) in [6.45, 7) is 4.54. The van der Waals surface area contributed by atoms with Crippen LogP contribution in [0.4, 0.5) is 0 Å². The molecule has 4 unspecified atom stereocenters. The van der Waals surface area contributed by atoms with E-state index in [0.717, 1.165) is 27.7 Å². The number of hydrogen-bond donors (Lipinski definition) is 5. The van der Waals surface area contributed by atoms with Gasteiger partial charge in [-0.05, 0) is 27.7 Å². The molecule has 0 aromatic rings. The van der Waals surface area contributed by atoms with E-state index in [-0.39, 0.29) is 38.9 Å². The first-order chi connectivity index (χ1) is 10.6. The summed E-state index contributed by atoms with van der Waals surface area (Å²) < 4.78 is 0. The number of aliphatic hydroxyl groups is 4. The first kappa shape index (κ1) is 39.7. The molecule has 0 radical (unpaired) electrons. The van der Waals surface area contributed by atoms with Crippen LogP contribution in [0.25, 0.3) is 0 Å². The van der Waals surface area contributed by atoms with Crippen molar-refractivity contribution in [3.8, 4) is 0 Å². The van der Waals surface area contributed by atoms with Gasteiger partial charge in [0.2, 0.25) is 0 Å². The molecule has 0 fully saturated rings. The standard InChI is InChI=1S/4C3H6O3.H3N.Y/c4*1-2(4)3(5)6;;/h4*2,4H,1H3,(H,5,6);1H3;/q;;;;;+3/p-3. The fraction of sp³-hybridized carbons (Fsp3) is 0.667. The number of carbonyl (C=O) groups excluding carboxylic acids is 4. The van der Waals surface area contributed by atoms with Gasteiger partial charge in [0.05, 0.1) is 48.3 Å². The van der Waals surface area contributed by atoms with Crippen LogP contribution in [0.5, 0.6) is 0 Å². The summed E-state index contributed by atoms with van der Waals surface area (Å²) >= 11 is 0. The van der Waals surface area contributed by atoms with Crippen LogP contribution in [0.2, 0.25) is 0 Å². The summed E-state index contributed by atoms with van der Waals surface area (Å²) in [5.74, 6) is -5.74. The van der Waals surface area contributed by atoms with Crippen LogP contribution >= 0.6 is 0 Å². The zero-order chi connectivity index (χ0) is 20.6. The zero-order valence-electron chi connectivity index (χ0n) is 14.9. The zero-order valence-corrected chi connectivity index (χ0v) is 17.8. The molecule has 152 valence electrons. The van der Waals surface area contributed by atoms with E-state index in [1.165, 1.54) is 0 Å². The van der Waals surface area contributed by atoms with Crippen LogP contribution in [-0.2, 0) is 51.9 Å². The van der Waals surface area contributed by atoms with Crippen molar-refractivity contribution in [1.29, 1.82) is 0 Å². The van der Waals surface area contributed by atoms with E-state index in [2.05, 4.69) is 0 Å². The van der Waals surface area contributed by atoms with Gasteiger partial charge in [0.25, 0.3) is 0 Å². The van der Waals surface area contributed by atoms with E-state index >= 15 is 0 Å². The number of rotatable bonds is 4. The Balaban J connectivity index is -0.0000000500. The summed E-state index contributed by atoms with van der Waals surface area (Å²) in [6, 6.07) is 0. The van der Waals surface area contributed by atoms with E-state index in [9.17, 15) is 39.6 Å². The Morgan fingerprint density at radius 2 is 0.577 bits per heavy atom. The molecule has 0 rings (SSSR count). The van der Waals surface area contributed by atoms with Crippen molar-refractivity contribution in [2.75, 3.05) is 0 Å². The summed E-state index contributed by atoms with van der Waals surface area (Å²) in [5, 5.41) is 69.2. The maximum absolute atomic E-state index is 9.34. The maximum Gasteiger partial charge on any atom is 3.00 e. The second kappa shape index (κ2) is 23.8. The smallest absolute Gasteiger partial charge is 0.547 e. The Kier molecular flexibility index (Phi) is 36.3. The number of aliphatic carboxylic acids is 4. The molecule has 0 aromatic heterocycles. The normalized spacial score (nSPS) is 12.6. The average molecular weight is 463 g/mol. The minimum atomic E-state index is -1.44. The van der Waals surface area contributed by atoms with Gasteiger partial charge in [-0.15, -0.1) is 0 Å². The van der Waals surface area contributed by atoms with Gasteiger partial charge < -0.3 is 66.2 Å². The van der Waals surface area contributed by atoms with Crippen molar-refractivity contribution < 1.29 is 92.7 Å². The molecule has 4 atom stereocenters. The fourth-order valence-corrected chi connectivity index (χ4v) is 0. The largest absolute Gasteiger partial charge is 3.00 e. The van der Waals surface area contributed by atoms with E-state index < -0.39 is 48.3 Å². The predicted molar refractivity (Wildman–Crippen MR) is 72.7 cm³/mol. The third-order valence-corrected chi connectivity index (χ3v) is 1.36. The molecule has 8 N–H and O–H groups in total.